The molecular weight excluding hydrogens is 194 g/mol. The summed E-state index contributed by atoms with van der Waals surface area (Å²) in [5, 5.41) is 9.68. The molecule has 70 valence electrons. The number of nitrogens with zero attached hydrogens (tertiary/aromatic N) is 1. The Balaban J connectivity index is 2.91. The molecule has 0 bridgehead atoms. The standard InChI is InChI=1S/C7H7NO4S/c1-2-8-6(11)4(3-5(9)10)13-7(8)12/h3H,2H2,1H3,(H,9,10)/p-1. The summed E-state index contributed by atoms with van der Waals surface area (Å²) < 4.78 is 0. The predicted octanol–water partition coefficient (Wildman–Crippen LogP) is -0.665. The van der Waals surface area contributed by atoms with E-state index in [9.17, 15) is 19.5 Å². The van der Waals surface area contributed by atoms with Gasteiger partial charge < -0.3 is 9.90 Å². The molecule has 0 aromatic rings. The van der Waals surface area contributed by atoms with Crippen LogP contribution in [0, 0.1) is 0 Å². The van der Waals surface area contributed by atoms with Crippen molar-refractivity contribution in [1.82, 2.24) is 4.90 Å². The molecule has 0 aromatic carbocycles. The van der Waals surface area contributed by atoms with Gasteiger partial charge in [-0.15, -0.1) is 0 Å². The molecule has 2 amide bonds. The predicted molar refractivity (Wildman–Crippen MR) is 43.5 cm³/mol. The van der Waals surface area contributed by atoms with Gasteiger partial charge in [0.15, 0.2) is 0 Å². The van der Waals surface area contributed by atoms with Gasteiger partial charge in [-0.05, 0) is 24.8 Å². The zero-order chi connectivity index (χ0) is 10.0. The van der Waals surface area contributed by atoms with Crippen molar-refractivity contribution in [3.8, 4) is 0 Å². The van der Waals surface area contributed by atoms with Crippen molar-refractivity contribution < 1.29 is 19.5 Å². The van der Waals surface area contributed by atoms with Crippen LogP contribution in [0.1, 0.15) is 6.92 Å². The number of carbonyl (C=O) groups excluding carboxylic acids is 3. The van der Waals surface area contributed by atoms with E-state index in [0.29, 0.717) is 17.8 Å². The molecule has 1 fully saturated rings. The minimum atomic E-state index is -1.47. The molecule has 6 heteroatoms. The number of imide groups is 1. The van der Waals surface area contributed by atoms with E-state index >= 15 is 0 Å². The normalized spacial score (nSPS) is 20.1. The molecule has 0 radical (unpaired) electrons. The van der Waals surface area contributed by atoms with Crippen molar-refractivity contribution in [3.63, 3.8) is 0 Å². The van der Waals surface area contributed by atoms with Crippen molar-refractivity contribution in [3.05, 3.63) is 11.0 Å². The molecule has 1 saturated heterocycles. The highest BCUT2D eigenvalue weighted by molar-refractivity contribution is 8.18. The maximum absolute atomic E-state index is 11.2. The van der Waals surface area contributed by atoms with E-state index in [0.717, 1.165) is 4.90 Å². The number of carbonyl (C=O) groups is 3. The van der Waals surface area contributed by atoms with Gasteiger partial charge in [-0.1, -0.05) is 0 Å². The second kappa shape index (κ2) is 3.61. The number of likely N-dealkylation sites (N-methyl/N-ethyl adjacent to an activating group) is 1. The van der Waals surface area contributed by atoms with Crippen molar-refractivity contribution >= 4 is 28.9 Å². The van der Waals surface area contributed by atoms with Gasteiger partial charge in [0.25, 0.3) is 11.1 Å². The summed E-state index contributed by atoms with van der Waals surface area (Å²) in [4.78, 5) is 33.2. The molecule has 1 aliphatic rings. The van der Waals surface area contributed by atoms with Crippen LogP contribution in [-0.2, 0) is 9.59 Å². The number of carboxylic acid groups (broad SMARTS) is 1. The van der Waals surface area contributed by atoms with E-state index in [1.807, 2.05) is 0 Å². The average molecular weight is 200 g/mol. The Bertz CT molecular complexity index is 310. The summed E-state index contributed by atoms with van der Waals surface area (Å²) in [6, 6.07) is 0. The molecule has 0 atom stereocenters. The lowest BCUT2D eigenvalue weighted by Crippen LogP contribution is -2.28. The zero-order valence-corrected chi connectivity index (χ0v) is 7.59. The van der Waals surface area contributed by atoms with Gasteiger partial charge in [0.05, 0.1) is 10.9 Å². The molecular formula is C7H6NO4S-. The first-order valence-electron chi connectivity index (χ1n) is 3.52. The lowest BCUT2D eigenvalue weighted by Gasteiger charge is -2.06. The molecule has 1 rings (SSSR count). The van der Waals surface area contributed by atoms with Crippen LogP contribution in [-0.4, -0.2) is 28.6 Å². The van der Waals surface area contributed by atoms with E-state index in [-0.39, 0.29) is 11.4 Å². The van der Waals surface area contributed by atoms with Crippen LogP contribution in [0.5, 0.6) is 0 Å². The van der Waals surface area contributed by atoms with Crippen molar-refractivity contribution in [1.29, 1.82) is 0 Å². The van der Waals surface area contributed by atoms with Gasteiger partial charge in [-0.25, -0.2) is 0 Å². The van der Waals surface area contributed by atoms with Gasteiger partial charge in [0.1, 0.15) is 0 Å². The first-order valence-corrected chi connectivity index (χ1v) is 4.34. The molecule has 0 saturated carbocycles. The van der Waals surface area contributed by atoms with Gasteiger partial charge >= 0.3 is 0 Å². The second-order valence-corrected chi connectivity index (χ2v) is 3.24. The summed E-state index contributed by atoms with van der Waals surface area (Å²) >= 11 is 0.612. The second-order valence-electron chi connectivity index (χ2n) is 2.25. The topological polar surface area (TPSA) is 77.5 Å². The fourth-order valence-corrected chi connectivity index (χ4v) is 1.74. The third kappa shape index (κ3) is 1.89. The Morgan fingerprint density at radius 2 is 2.23 bits per heavy atom. The van der Waals surface area contributed by atoms with Crippen LogP contribution in [0.3, 0.4) is 0 Å². The maximum atomic E-state index is 11.2. The number of hydrogen-bond acceptors (Lipinski definition) is 5. The largest absolute Gasteiger partial charge is 0.545 e. The summed E-state index contributed by atoms with van der Waals surface area (Å²) in [5.41, 5.74) is 0. The van der Waals surface area contributed by atoms with Crippen LogP contribution in [0.2, 0.25) is 0 Å². The summed E-state index contributed by atoms with van der Waals surface area (Å²) in [5.74, 6) is -2.04. The molecule has 1 aliphatic heterocycles. The molecule has 0 aromatic heterocycles. The average Bonchev–Trinajstić information content (AvgIpc) is 2.26. The number of hydrogen-bond donors (Lipinski definition) is 0. The van der Waals surface area contributed by atoms with Crippen LogP contribution in [0.4, 0.5) is 4.79 Å². The van der Waals surface area contributed by atoms with E-state index in [2.05, 4.69) is 0 Å². The smallest absolute Gasteiger partial charge is 0.293 e. The monoisotopic (exact) mass is 200 g/mol. The number of amides is 2. The lowest BCUT2D eigenvalue weighted by molar-refractivity contribution is -0.297. The first-order chi connectivity index (χ1) is 6.06. The number of thioether (sulfide) groups is 1. The Kier molecular flexibility index (Phi) is 2.72. The molecule has 13 heavy (non-hydrogen) atoms. The van der Waals surface area contributed by atoms with E-state index in [1.54, 1.807) is 6.92 Å². The first kappa shape index (κ1) is 9.79. The van der Waals surface area contributed by atoms with Crippen molar-refractivity contribution in [2.45, 2.75) is 6.92 Å². The molecule has 0 N–H and O–H groups in total. The van der Waals surface area contributed by atoms with Crippen molar-refractivity contribution in [2.24, 2.45) is 0 Å². The Morgan fingerprint density at radius 1 is 1.62 bits per heavy atom. The van der Waals surface area contributed by atoms with E-state index < -0.39 is 17.1 Å². The van der Waals surface area contributed by atoms with Gasteiger partial charge in [-0.2, -0.15) is 0 Å². The summed E-state index contributed by atoms with van der Waals surface area (Å²) in [7, 11) is 0. The van der Waals surface area contributed by atoms with E-state index in [1.165, 1.54) is 0 Å². The molecule has 0 aliphatic carbocycles. The van der Waals surface area contributed by atoms with Crippen LogP contribution in [0.15, 0.2) is 11.0 Å². The quantitative estimate of drug-likeness (QED) is 0.553. The lowest BCUT2D eigenvalue weighted by atomic mass is 10.4. The molecule has 0 unspecified atom stereocenters. The van der Waals surface area contributed by atoms with Crippen LogP contribution >= 0.6 is 11.8 Å². The third-order valence-corrected chi connectivity index (χ3v) is 2.35. The van der Waals surface area contributed by atoms with E-state index in [4.69, 9.17) is 0 Å². The minimum absolute atomic E-state index is 0.0909. The van der Waals surface area contributed by atoms with Gasteiger partial charge in [0, 0.05) is 6.54 Å². The molecule has 0 spiro atoms. The summed E-state index contributed by atoms with van der Waals surface area (Å²) in [6.07, 6.45) is 0.639. The Hall–Kier alpha value is -1.30. The van der Waals surface area contributed by atoms with Crippen molar-refractivity contribution in [2.75, 3.05) is 6.54 Å². The van der Waals surface area contributed by atoms with Gasteiger partial charge in [-0.3, -0.25) is 14.5 Å². The highest BCUT2D eigenvalue weighted by atomic mass is 32.2. The van der Waals surface area contributed by atoms with Crippen LogP contribution < -0.4 is 5.11 Å². The highest BCUT2D eigenvalue weighted by Crippen LogP contribution is 2.29. The summed E-state index contributed by atoms with van der Waals surface area (Å²) in [6.45, 7) is 1.88. The molecule has 5 nitrogen and oxygen atoms in total. The SMILES string of the molecule is CCN1C(=O)SC(=CC(=O)[O-])C1=O. The number of carboxylic acids is 1. The maximum Gasteiger partial charge on any atom is 0.293 e. The highest BCUT2D eigenvalue weighted by Gasteiger charge is 2.33. The van der Waals surface area contributed by atoms with Gasteiger partial charge in [0.2, 0.25) is 0 Å². The number of aliphatic carboxylic acids is 1. The Morgan fingerprint density at radius 3 is 2.62 bits per heavy atom. The zero-order valence-electron chi connectivity index (χ0n) is 6.77. The third-order valence-electron chi connectivity index (χ3n) is 1.44. The Labute approximate surface area is 78.4 Å². The minimum Gasteiger partial charge on any atom is -0.545 e. The van der Waals surface area contributed by atoms with Crippen LogP contribution in [0.25, 0.3) is 0 Å². The fourth-order valence-electron chi connectivity index (χ4n) is 0.880. The fraction of sp³-hybridized carbons (Fsp3) is 0.286. The molecule has 1 heterocycles. The number of rotatable bonds is 2.